The van der Waals surface area contributed by atoms with Gasteiger partial charge in [0.1, 0.15) is 11.5 Å². The number of nitrogens with two attached hydrogens (primary N) is 1. The molecule has 2 heterocycles. The number of piperidine rings is 1. The van der Waals surface area contributed by atoms with Gasteiger partial charge >= 0.3 is 0 Å². The molecule has 0 aromatic heterocycles. The molecule has 1 aromatic carbocycles. The summed E-state index contributed by atoms with van der Waals surface area (Å²) in [5.74, 6) is 1.30. The molecule has 6 nitrogen and oxygen atoms in total. The molecule has 2 unspecified atom stereocenters. The van der Waals surface area contributed by atoms with Crippen LogP contribution in [0.2, 0.25) is 0 Å². The summed E-state index contributed by atoms with van der Waals surface area (Å²) >= 11 is 0. The number of hydrogen-bond donors (Lipinski definition) is 1. The molecule has 0 saturated carbocycles. The van der Waals surface area contributed by atoms with E-state index in [4.69, 9.17) is 19.9 Å². The number of methoxy groups -OCH3 is 2. The molecule has 2 bridgehead atoms. The molecule has 2 aliphatic rings. The lowest BCUT2D eigenvalue weighted by Gasteiger charge is -2.38. The number of amides is 1. The van der Waals surface area contributed by atoms with Crippen molar-refractivity contribution in [3.05, 3.63) is 23.8 Å². The Morgan fingerprint density at radius 2 is 1.96 bits per heavy atom. The van der Waals surface area contributed by atoms with Gasteiger partial charge in [0.25, 0.3) is 5.91 Å². The van der Waals surface area contributed by atoms with Gasteiger partial charge in [-0.3, -0.25) is 4.79 Å². The number of hydrogen-bond acceptors (Lipinski definition) is 5. The summed E-state index contributed by atoms with van der Waals surface area (Å²) in [6.45, 7) is 1.07. The molecule has 2 N–H and O–H groups in total. The minimum atomic E-state index is 0.0312. The van der Waals surface area contributed by atoms with Crippen molar-refractivity contribution in [1.29, 1.82) is 0 Å². The number of carbonyl (C=O) groups is 1. The van der Waals surface area contributed by atoms with E-state index in [2.05, 4.69) is 0 Å². The fraction of sp³-hybridized carbons (Fsp3) is 0.632. The predicted octanol–water partition coefficient (Wildman–Crippen LogP) is 2.20. The number of nitrogens with zero attached hydrogens (tertiary/aromatic N) is 1. The van der Waals surface area contributed by atoms with Gasteiger partial charge in [-0.05, 0) is 56.8 Å². The van der Waals surface area contributed by atoms with Gasteiger partial charge in [0.15, 0.2) is 0 Å². The van der Waals surface area contributed by atoms with E-state index in [1.54, 1.807) is 20.3 Å². The van der Waals surface area contributed by atoms with Crippen LogP contribution in [0.25, 0.3) is 0 Å². The molecule has 25 heavy (non-hydrogen) atoms. The highest BCUT2D eigenvalue weighted by Crippen LogP contribution is 2.39. The maximum atomic E-state index is 13.3. The maximum absolute atomic E-state index is 13.3. The fourth-order valence-electron chi connectivity index (χ4n) is 3.98. The SMILES string of the molecule is COc1ccc(OCCCN)c(C(=O)N2C3CCC2CC(OC)C3)c1. The molecule has 138 valence electrons. The first-order valence-electron chi connectivity index (χ1n) is 9.04. The van der Waals surface area contributed by atoms with Crippen molar-refractivity contribution in [2.24, 2.45) is 5.73 Å². The molecule has 2 aliphatic heterocycles. The van der Waals surface area contributed by atoms with Crippen LogP contribution in [0.3, 0.4) is 0 Å². The molecule has 1 amide bonds. The quantitative estimate of drug-likeness (QED) is 0.765. The number of rotatable bonds is 7. The second-order valence-electron chi connectivity index (χ2n) is 6.78. The summed E-state index contributed by atoms with van der Waals surface area (Å²) in [4.78, 5) is 15.3. The average Bonchev–Trinajstić information content (AvgIpc) is 2.91. The third kappa shape index (κ3) is 3.75. The highest BCUT2D eigenvalue weighted by atomic mass is 16.5. The van der Waals surface area contributed by atoms with Crippen molar-refractivity contribution in [2.45, 2.75) is 50.3 Å². The van der Waals surface area contributed by atoms with Crippen molar-refractivity contribution in [2.75, 3.05) is 27.4 Å². The van der Waals surface area contributed by atoms with Gasteiger partial charge in [0, 0.05) is 19.2 Å². The van der Waals surface area contributed by atoms with E-state index >= 15 is 0 Å². The van der Waals surface area contributed by atoms with Crippen LogP contribution in [0.1, 0.15) is 42.5 Å². The molecule has 1 aromatic rings. The van der Waals surface area contributed by atoms with Crippen molar-refractivity contribution in [1.82, 2.24) is 4.90 Å². The van der Waals surface area contributed by atoms with Gasteiger partial charge in [-0.2, -0.15) is 0 Å². The van der Waals surface area contributed by atoms with Crippen molar-refractivity contribution in [3.8, 4) is 11.5 Å². The van der Waals surface area contributed by atoms with E-state index in [0.29, 0.717) is 30.2 Å². The van der Waals surface area contributed by atoms with Crippen molar-refractivity contribution >= 4 is 5.91 Å². The van der Waals surface area contributed by atoms with Crippen LogP contribution in [0, 0.1) is 0 Å². The number of benzene rings is 1. The van der Waals surface area contributed by atoms with Gasteiger partial charge in [0.2, 0.25) is 0 Å². The topological polar surface area (TPSA) is 74.0 Å². The van der Waals surface area contributed by atoms with Crippen LogP contribution < -0.4 is 15.2 Å². The van der Waals surface area contributed by atoms with Gasteiger partial charge in [-0.1, -0.05) is 0 Å². The standard InChI is InChI=1S/C19H28N2O4/c1-23-15-6-7-18(25-9-3-8-20)17(12-15)19(22)21-13-4-5-14(21)11-16(10-13)24-2/h6-7,12-14,16H,3-5,8-11,20H2,1-2H3. The summed E-state index contributed by atoms with van der Waals surface area (Å²) in [5.41, 5.74) is 6.11. The lowest BCUT2D eigenvalue weighted by molar-refractivity contribution is 0.00805. The van der Waals surface area contributed by atoms with Crippen LogP contribution in [0.15, 0.2) is 18.2 Å². The molecule has 2 atom stereocenters. The fourth-order valence-corrected chi connectivity index (χ4v) is 3.98. The molecule has 3 rings (SSSR count). The monoisotopic (exact) mass is 348 g/mol. The van der Waals surface area contributed by atoms with E-state index in [1.807, 2.05) is 17.0 Å². The van der Waals surface area contributed by atoms with Gasteiger partial charge in [-0.15, -0.1) is 0 Å². The molecule has 0 spiro atoms. The summed E-state index contributed by atoms with van der Waals surface area (Å²) in [7, 11) is 3.36. The van der Waals surface area contributed by atoms with Crippen LogP contribution in [-0.2, 0) is 4.74 Å². The Balaban J connectivity index is 1.83. The number of fused-ring (bicyclic) bond motifs is 2. The van der Waals surface area contributed by atoms with Gasteiger partial charge in [-0.25, -0.2) is 0 Å². The lowest BCUT2D eigenvalue weighted by atomic mass is 9.98. The lowest BCUT2D eigenvalue weighted by Crippen LogP contribution is -2.48. The first-order chi connectivity index (χ1) is 12.2. The molecule has 6 heteroatoms. The van der Waals surface area contributed by atoms with Crippen LogP contribution in [0.4, 0.5) is 0 Å². The Bertz CT molecular complexity index is 593. The van der Waals surface area contributed by atoms with Gasteiger partial charge < -0.3 is 24.8 Å². The highest BCUT2D eigenvalue weighted by Gasteiger charge is 2.44. The summed E-state index contributed by atoms with van der Waals surface area (Å²) in [6.07, 6.45) is 4.92. The second-order valence-corrected chi connectivity index (χ2v) is 6.78. The minimum absolute atomic E-state index is 0.0312. The predicted molar refractivity (Wildman–Crippen MR) is 95.2 cm³/mol. The zero-order chi connectivity index (χ0) is 17.8. The molecule has 2 fully saturated rings. The van der Waals surface area contributed by atoms with Crippen molar-refractivity contribution in [3.63, 3.8) is 0 Å². The first-order valence-corrected chi connectivity index (χ1v) is 9.04. The normalized spacial score (nSPS) is 25.1. The Morgan fingerprint density at radius 3 is 2.56 bits per heavy atom. The van der Waals surface area contributed by atoms with Crippen LogP contribution >= 0.6 is 0 Å². The molecule has 0 radical (unpaired) electrons. The zero-order valence-electron chi connectivity index (χ0n) is 15.1. The smallest absolute Gasteiger partial charge is 0.258 e. The van der Waals surface area contributed by atoms with Gasteiger partial charge in [0.05, 0.1) is 25.4 Å². The van der Waals surface area contributed by atoms with E-state index in [0.717, 1.165) is 32.1 Å². The number of carbonyl (C=O) groups excluding carboxylic acids is 1. The Morgan fingerprint density at radius 1 is 1.24 bits per heavy atom. The third-order valence-electron chi connectivity index (χ3n) is 5.28. The molecule has 0 aliphatic carbocycles. The molecule has 2 saturated heterocycles. The zero-order valence-corrected chi connectivity index (χ0v) is 15.1. The minimum Gasteiger partial charge on any atom is -0.497 e. The summed E-state index contributed by atoms with van der Waals surface area (Å²) < 4.78 is 16.7. The van der Waals surface area contributed by atoms with E-state index < -0.39 is 0 Å². The third-order valence-corrected chi connectivity index (χ3v) is 5.28. The summed E-state index contributed by atoms with van der Waals surface area (Å²) in [6, 6.07) is 5.91. The van der Waals surface area contributed by atoms with E-state index in [-0.39, 0.29) is 24.1 Å². The number of ether oxygens (including phenoxy) is 3. The Labute approximate surface area is 149 Å². The van der Waals surface area contributed by atoms with Crippen molar-refractivity contribution < 1.29 is 19.0 Å². The highest BCUT2D eigenvalue weighted by molar-refractivity contribution is 5.98. The Kier molecular flexibility index (Phi) is 5.81. The van der Waals surface area contributed by atoms with Crippen LogP contribution in [-0.4, -0.2) is 56.4 Å². The average molecular weight is 348 g/mol. The van der Waals surface area contributed by atoms with E-state index in [9.17, 15) is 4.79 Å². The Hall–Kier alpha value is -1.79. The van der Waals surface area contributed by atoms with Crippen LogP contribution in [0.5, 0.6) is 11.5 Å². The molecular weight excluding hydrogens is 320 g/mol. The first kappa shape index (κ1) is 18.0. The second kappa shape index (κ2) is 8.06. The largest absolute Gasteiger partial charge is 0.497 e. The summed E-state index contributed by atoms with van der Waals surface area (Å²) in [5, 5.41) is 0. The maximum Gasteiger partial charge on any atom is 0.258 e. The van der Waals surface area contributed by atoms with E-state index in [1.165, 1.54) is 0 Å². The molecular formula is C19H28N2O4.